The van der Waals surface area contributed by atoms with Gasteiger partial charge in [0.05, 0.1) is 11.7 Å². The van der Waals surface area contributed by atoms with Crippen molar-refractivity contribution in [2.45, 2.75) is 57.5 Å². The molecule has 2 atom stereocenters. The lowest BCUT2D eigenvalue weighted by atomic mass is 9.87. The van der Waals surface area contributed by atoms with Crippen molar-refractivity contribution in [2.75, 3.05) is 13.1 Å². The fourth-order valence-electron chi connectivity index (χ4n) is 5.11. The summed E-state index contributed by atoms with van der Waals surface area (Å²) in [4.78, 5) is 19.6. The summed E-state index contributed by atoms with van der Waals surface area (Å²) in [6.45, 7) is 2.25. The van der Waals surface area contributed by atoms with E-state index in [0.717, 1.165) is 50.0 Å². The second-order valence-corrected chi connectivity index (χ2v) is 9.04. The van der Waals surface area contributed by atoms with Crippen LogP contribution in [0, 0.1) is 23.5 Å². The van der Waals surface area contributed by atoms with Crippen LogP contribution in [0.4, 0.5) is 8.78 Å². The number of carbonyl (C=O) groups is 1. The summed E-state index contributed by atoms with van der Waals surface area (Å²) in [5, 5.41) is 3.29. The fourth-order valence-corrected chi connectivity index (χ4v) is 5.11. The van der Waals surface area contributed by atoms with Gasteiger partial charge in [-0.25, -0.2) is 8.78 Å². The van der Waals surface area contributed by atoms with Crippen LogP contribution in [0.15, 0.2) is 42.6 Å². The molecule has 31 heavy (non-hydrogen) atoms. The van der Waals surface area contributed by atoms with Crippen molar-refractivity contribution in [2.24, 2.45) is 11.8 Å². The first-order chi connectivity index (χ1) is 15.1. The summed E-state index contributed by atoms with van der Waals surface area (Å²) in [5.74, 6) is -0.792. The number of hydrogen-bond acceptors (Lipinski definition) is 3. The fraction of sp³-hybridized carbons (Fsp3) is 0.520. The molecule has 0 radical (unpaired) electrons. The molecule has 0 spiro atoms. The largest absolute Gasteiger partial charge is 0.347 e. The van der Waals surface area contributed by atoms with Gasteiger partial charge in [0, 0.05) is 25.7 Å². The number of benzene rings is 1. The van der Waals surface area contributed by atoms with Crippen molar-refractivity contribution in [3.63, 3.8) is 0 Å². The van der Waals surface area contributed by atoms with E-state index < -0.39 is 11.6 Å². The Labute approximate surface area is 183 Å². The molecule has 1 aliphatic heterocycles. The first-order valence-electron chi connectivity index (χ1n) is 11.4. The van der Waals surface area contributed by atoms with Gasteiger partial charge < -0.3 is 5.32 Å². The Balaban J connectivity index is 1.44. The van der Waals surface area contributed by atoms with E-state index in [2.05, 4.69) is 15.2 Å². The molecule has 4 nitrogen and oxygen atoms in total. The summed E-state index contributed by atoms with van der Waals surface area (Å²) in [6, 6.07) is 9.79. The molecule has 1 N–H and O–H groups in total. The maximum atomic E-state index is 13.6. The van der Waals surface area contributed by atoms with Crippen molar-refractivity contribution in [1.82, 2.24) is 15.2 Å². The van der Waals surface area contributed by atoms with E-state index in [9.17, 15) is 13.6 Å². The topological polar surface area (TPSA) is 45.2 Å². The van der Waals surface area contributed by atoms with E-state index in [1.807, 2.05) is 18.2 Å². The molecule has 6 heteroatoms. The van der Waals surface area contributed by atoms with Crippen LogP contribution in [0.5, 0.6) is 0 Å². The second-order valence-electron chi connectivity index (χ2n) is 9.04. The van der Waals surface area contributed by atoms with Gasteiger partial charge in [0.2, 0.25) is 5.91 Å². The SMILES string of the molecule is O=C(CC1CCCC1)NC(c1ccccn1)C1CCCN(Cc2ccc(F)c(F)c2)C1. The van der Waals surface area contributed by atoms with Gasteiger partial charge in [-0.2, -0.15) is 0 Å². The summed E-state index contributed by atoms with van der Waals surface area (Å²) in [6.07, 6.45) is 9.10. The third kappa shape index (κ3) is 5.88. The minimum atomic E-state index is -0.819. The molecule has 2 aromatic rings. The minimum Gasteiger partial charge on any atom is -0.347 e. The highest BCUT2D eigenvalue weighted by Crippen LogP contribution is 2.31. The Morgan fingerprint density at radius 3 is 2.68 bits per heavy atom. The van der Waals surface area contributed by atoms with Gasteiger partial charge >= 0.3 is 0 Å². The first-order valence-corrected chi connectivity index (χ1v) is 11.4. The molecule has 2 unspecified atom stereocenters. The Hall–Kier alpha value is -2.34. The predicted molar refractivity (Wildman–Crippen MR) is 116 cm³/mol. The molecule has 0 bridgehead atoms. The van der Waals surface area contributed by atoms with Crippen LogP contribution in [0.1, 0.15) is 62.2 Å². The second kappa shape index (κ2) is 10.3. The molecular formula is C25H31F2N3O. The Morgan fingerprint density at radius 2 is 1.94 bits per heavy atom. The van der Waals surface area contributed by atoms with Gasteiger partial charge in [0.1, 0.15) is 0 Å². The number of halogens is 2. The summed E-state index contributed by atoms with van der Waals surface area (Å²) >= 11 is 0. The number of nitrogens with zero attached hydrogens (tertiary/aromatic N) is 2. The van der Waals surface area contributed by atoms with Gasteiger partial charge in [0.15, 0.2) is 11.6 Å². The van der Waals surface area contributed by atoms with Gasteiger partial charge in [-0.1, -0.05) is 25.0 Å². The van der Waals surface area contributed by atoms with E-state index in [-0.39, 0.29) is 17.9 Å². The van der Waals surface area contributed by atoms with Gasteiger partial charge in [0.25, 0.3) is 0 Å². The van der Waals surface area contributed by atoms with Crippen molar-refractivity contribution in [3.8, 4) is 0 Å². The number of nitrogens with one attached hydrogen (secondary N) is 1. The minimum absolute atomic E-state index is 0.111. The predicted octanol–water partition coefficient (Wildman–Crippen LogP) is 5.01. The average Bonchev–Trinajstić information content (AvgIpc) is 3.28. The lowest BCUT2D eigenvalue weighted by Gasteiger charge is -2.37. The van der Waals surface area contributed by atoms with Crippen LogP contribution < -0.4 is 5.32 Å². The zero-order chi connectivity index (χ0) is 21.6. The number of carbonyl (C=O) groups excluding carboxylic acids is 1. The van der Waals surface area contributed by atoms with Gasteiger partial charge in [-0.15, -0.1) is 0 Å². The zero-order valence-corrected chi connectivity index (χ0v) is 17.9. The lowest BCUT2D eigenvalue weighted by Crippen LogP contribution is -2.43. The monoisotopic (exact) mass is 427 g/mol. The molecule has 166 valence electrons. The highest BCUT2D eigenvalue weighted by molar-refractivity contribution is 5.76. The Kier molecular flexibility index (Phi) is 7.28. The highest BCUT2D eigenvalue weighted by Gasteiger charge is 2.31. The molecular weight excluding hydrogens is 396 g/mol. The van der Waals surface area contributed by atoms with Crippen LogP contribution >= 0.6 is 0 Å². The van der Waals surface area contributed by atoms with Crippen LogP contribution in [-0.2, 0) is 11.3 Å². The van der Waals surface area contributed by atoms with Gasteiger partial charge in [-0.05, 0) is 73.9 Å². The summed E-state index contributed by atoms with van der Waals surface area (Å²) in [5.41, 5.74) is 1.65. The molecule has 4 rings (SSSR count). The number of pyridine rings is 1. The molecule has 2 fully saturated rings. The number of amides is 1. The van der Waals surface area contributed by atoms with E-state index in [1.165, 1.54) is 25.0 Å². The first kappa shape index (κ1) is 21.9. The molecule has 2 heterocycles. The molecule has 2 aliphatic rings. The highest BCUT2D eigenvalue weighted by atomic mass is 19.2. The van der Waals surface area contributed by atoms with E-state index >= 15 is 0 Å². The third-order valence-electron chi connectivity index (χ3n) is 6.68. The lowest BCUT2D eigenvalue weighted by molar-refractivity contribution is -0.123. The molecule has 1 aliphatic carbocycles. The standard InChI is InChI=1S/C25H31F2N3O/c26-21-11-10-19(14-22(21)27)16-30-13-5-8-20(17-30)25(23-9-3-4-12-28-23)29-24(31)15-18-6-1-2-7-18/h3-4,9-12,14,18,20,25H,1-2,5-8,13,15-17H2,(H,29,31). The van der Waals surface area contributed by atoms with E-state index in [0.29, 0.717) is 18.9 Å². The number of likely N-dealkylation sites (tertiary alicyclic amines) is 1. The number of rotatable bonds is 7. The van der Waals surface area contributed by atoms with Crippen molar-refractivity contribution < 1.29 is 13.6 Å². The zero-order valence-electron chi connectivity index (χ0n) is 17.9. The van der Waals surface area contributed by atoms with Crippen LogP contribution in [0.2, 0.25) is 0 Å². The quantitative estimate of drug-likeness (QED) is 0.676. The number of aromatic nitrogens is 1. The maximum absolute atomic E-state index is 13.6. The van der Waals surface area contributed by atoms with E-state index in [4.69, 9.17) is 0 Å². The van der Waals surface area contributed by atoms with Crippen molar-refractivity contribution >= 4 is 5.91 Å². The van der Waals surface area contributed by atoms with Gasteiger partial charge in [-0.3, -0.25) is 14.7 Å². The van der Waals surface area contributed by atoms with Crippen molar-refractivity contribution in [3.05, 3.63) is 65.5 Å². The molecule has 1 saturated carbocycles. The van der Waals surface area contributed by atoms with E-state index in [1.54, 1.807) is 12.3 Å². The third-order valence-corrected chi connectivity index (χ3v) is 6.68. The number of piperidine rings is 1. The summed E-state index contributed by atoms with van der Waals surface area (Å²) in [7, 11) is 0. The Morgan fingerprint density at radius 1 is 1.10 bits per heavy atom. The van der Waals surface area contributed by atoms with Crippen LogP contribution in [0.25, 0.3) is 0 Å². The molecule has 1 saturated heterocycles. The molecule has 1 aromatic carbocycles. The normalized spacial score (nSPS) is 21.2. The Bertz CT molecular complexity index is 870. The molecule has 1 aromatic heterocycles. The number of hydrogen-bond donors (Lipinski definition) is 1. The smallest absolute Gasteiger partial charge is 0.220 e. The maximum Gasteiger partial charge on any atom is 0.220 e. The average molecular weight is 428 g/mol. The summed E-state index contributed by atoms with van der Waals surface area (Å²) < 4.78 is 26.9. The van der Waals surface area contributed by atoms with Crippen LogP contribution in [-0.4, -0.2) is 28.9 Å². The van der Waals surface area contributed by atoms with Crippen molar-refractivity contribution in [1.29, 1.82) is 0 Å². The molecule has 1 amide bonds. The van der Waals surface area contributed by atoms with Crippen LogP contribution in [0.3, 0.4) is 0 Å².